The van der Waals surface area contributed by atoms with E-state index in [0.717, 1.165) is 17.8 Å². The highest BCUT2D eigenvalue weighted by Gasteiger charge is 2.32. The third-order valence-electron chi connectivity index (χ3n) is 5.26. The summed E-state index contributed by atoms with van der Waals surface area (Å²) in [6, 6.07) is 16.5. The van der Waals surface area contributed by atoms with Gasteiger partial charge in [0.1, 0.15) is 5.75 Å². The predicted molar refractivity (Wildman–Crippen MR) is 114 cm³/mol. The molecule has 156 valence electrons. The molecule has 2 heterocycles. The molecule has 2 aromatic carbocycles. The van der Waals surface area contributed by atoms with Crippen LogP contribution in [0.2, 0.25) is 5.02 Å². The van der Waals surface area contributed by atoms with Crippen molar-refractivity contribution in [3.63, 3.8) is 0 Å². The van der Waals surface area contributed by atoms with E-state index in [1.165, 1.54) is 0 Å². The van der Waals surface area contributed by atoms with E-state index in [1.54, 1.807) is 38.5 Å². The van der Waals surface area contributed by atoms with E-state index in [1.807, 2.05) is 41.4 Å². The Labute approximate surface area is 180 Å². The van der Waals surface area contributed by atoms with Gasteiger partial charge in [-0.15, -0.1) is 0 Å². The topological polar surface area (TPSA) is 52.9 Å². The lowest BCUT2D eigenvalue weighted by atomic mass is 9.99. The number of fused-ring (bicyclic) bond motifs is 1. The van der Waals surface area contributed by atoms with Crippen LogP contribution < -0.4 is 14.2 Å². The Kier molecular flexibility index (Phi) is 5.86. The first-order chi connectivity index (χ1) is 14.6. The summed E-state index contributed by atoms with van der Waals surface area (Å²) < 4.78 is 18.7. The molecule has 0 fully saturated rings. The van der Waals surface area contributed by atoms with Gasteiger partial charge in [-0.2, -0.15) is 0 Å². The van der Waals surface area contributed by atoms with Gasteiger partial charge in [0.2, 0.25) is 0 Å². The SMILES string of the molecule is COc1ccc(C2c3cccn3CCN2C(=O)COc2ccc(Cl)cc2)cc1OC. The lowest BCUT2D eigenvalue weighted by molar-refractivity contribution is -0.136. The first kappa shape index (κ1) is 20.2. The number of halogens is 1. The lowest BCUT2D eigenvalue weighted by Gasteiger charge is -2.37. The summed E-state index contributed by atoms with van der Waals surface area (Å²) in [7, 11) is 3.21. The van der Waals surface area contributed by atoms with E-state index in [0.29, 0.717) is 28.8 Å². The number of hydrogen-bond acceptors (Lipinski definition) is 4. The Morgan fingerprint density at radius 2 is 1.80 bits per heavy atom. The average molecular weight is 427 g/mol. The van der Waals surface area contributed by atoms with Crippen LogP contribution >= 0.6 is 11.6 Å². The maximum atomic E-state index is 13.1. The molecule has 30 heavy (non-hydrogen) atoms. The third kappa shape index (κ3) is 3.96. The van der Waals surface area contributed by atoms with E-state index in [9.17, 15) is 4.79 Å². The quantitative estimate of drug-likeness (QED) is 0.593. The Morgan fingerprint density at radius 3 is 2.53 bits per heavy atom. The molecule has 0 radical (unpaired) electrons. The number of aromatic nitrogens is 1. The van der Waals surface area contributed by atoms with E-state index < -0.39 is 0 Å². The van der Waals surface area contributed by atoms with Gasteiger partial charge in [-0.3, -0.25) is 4.79 Å². The molecule has 0 aliphatic carbocycles. The fraction of sp³-hybridized carbons (Fsp3) is 0.261. The van der Waals surface area contributed by atoms with Gasteiger partial charge in [0.05, 0.1) is 20.3 Å². The van der Waals surface area contributed by atoms with Crippen LogP contribution in [0.5, 0.6) is 17.2 Å². The molecule has 1 unspecified atom stereocenters. The minimum atomic E-state index is -0.241. The summed E-state index contributed by atoms with van der Waals surface area (Å²) in [5.41, 5.74) is 2.00. The molecule has 0 saturated carbocycles. The molecule has 1 atom stereocenters. The van der Waals surface area contributed by atoms with Crippen LogP contribution in [0.15, 0.2) is 60.8 Å². The summed E-state index contributed by atoms with van der Waals surface area (Å²) in [5.74, 6) is 1.80. The van der Waals surface area contributed by atoms with E-state index in [4.69, 9.17) is 25.8 Å². The monoisotopic (exact) mass is 426 g/mol. The summed E-state index contributed by atoms with van der Waals surface area (Å²) >= 11 is 5.91. The Bertz CT molecular complexity index is 1030. The van der Waals surface area contributed by atoms with Gasteiger partial charge in [0.15, 0.2) is 18.1 Å². The number of amides is 1. The number of carbonyl (C=O) groups is 1. The Balaban J connectivity index is 1.61. The summed E-state index contributed by atoms with van der Waals surface area (Å²) in [4.78, 5) is 15.0. The molecule has 1 aliphatic rings. The van der Waals surface area contributed by atoms with Crippen LogP contribution in [0.4, 0.5) is 0 Å². The minimum absolute atomic E-state index is 0.0495. The fourth-order valence-electron chi connectivity index (χ4n) is 3.78. The summed E-state index contributed by atoms with van der Waals surface area (Å²) in [6.45, 7) is 1.27. The van der Waals surface area contributed by atoms with Crippen molar-refractivity contribution in [2.75, 3.05) is 27.4 Å². The number of rotatable bonds is 6. The number of methoxy groups -OCH3 is 2. The second-order valence-corrected chi connectivity index (χ2v) is 7.41. The number of benzene rings is 2. The minimum Gasteiger partial charge on any atom is -0.493 e. The van der Waals surface area contributed by atoms with Crippen molar-refractivity contribution in [1.82, 2.24) is 9.47 Å². The van der Waals surface area contributed by atoms with Crippen molar-refractivity contribution in [2.24, 2.45) is 0 Å². The van der Waals surface area contributed by atoms with Gasteiger partial charge in [-0.1, -0.05) is 17.7 Å². The van der Waals surface area contributed by atoms with E-state index in [-0.39, 0.29) is 18.6 Å². The van der Waals surface area contributed by atoms with Gasteiger partial charge in [0, 0.05) is 30.0 Å². The molecule has 0 N–H and O–H groups in total. The number of nitrogens with zero attached hydrogens (tertiary/aromatic N) is 2. The second-order valence-electron chi connectivity index (χ2n) is 6.97. The first-order valence-electron chi connectivity index (χ1n) is 9.65. The largest absolute Gasteiger partial charge is 0.493 e. The standard InChI is InChI=1S/C23H23ClN2O4/c1-28-20-10-5-16(14-21(20)29-2)23-19-4-3-11-25(19)12-13-26(23)22(27)15-30-18-8-6-17(24)7-9-18/h3-11,14,23H,12-13,15H2,1-2H3. The van der Waals surface area contributed by atoms with Gasteiger partial charge >= 0.3 is 0 Å². The molecular weight excluding hydrogens is 404 g/mol. The van der Waals surface area contributed by atoms with Crippen LogP contribution in [0.1, 0.15) is 17.3 Å². The van der Waals surface area contributed by atoms with Crippen molar-refractivity contribution >= 4 is 17.5 Å². The highest BCUT2D eigenvalue weighted by molar-refractivity contribution is 6.30. The van der Waals surface area contributed by atoms with Crippen molar-refractivity contribution in [1.29, 1.82) is 0 Å². The molecular formula is C23H23ClN2O4. The molecule has 1 amide bonds. The number of hydrogen-bond donors (Lipinski definition) is 0. The highest BCUT2D eigenvalue weighted by atomic mass is 35.5. The normalized spacial score (nSPS) is 15.4. The van der Waals surface area contributed by atoms with Crippen LogP contribution in [0, 0.1) is 0 Å². The maximum absolute atomic E-state index is 13.1. The van der Waals surface area contributed by atoms with E-state index in [2.05, 4.69) is 4.57 Å². The molecule has 7 heteroatoms. The molecule has 4 rings (SSSR count). The fourth-order valence-corrected chi connectivity index (χ4v) is 3.91. The van der Waals surface area contributed by atoms with Crippen molar-refractivity contribution < 1.29 is 19.0 Å². The molecule has 1 aromatic heterocycles. The zero-order valence-corrected chi connectivity index (χ0v) is 17.6. The number of carbonyl (C=O) groups excluding carboxylic acids is 1. The average Bonchev–Trinajstić information content (AvgIpc) is 3.26. The van der Waals surface area contributed by atoms with Crippen molar-refractivity contribution in [3.8, 4) is 17.2 Å². The van der Waals surface area contributed by atoms with Gasteiger partial charge in [-0.25, -0.2) is 0 Å². The zero-order chi connectivity index (χ0) is 21.1. The molecule has 6 nitrogen and oxygen atoms in total. The van der Waals surface area contributed by atoms with Crippen LogP contribution in [0.25, 0.3) is 0 Å². The van der Waals surface area contributed by atoms with Gasteiger partial charge in [0.25, 0.3) is 5.91 Å². The predicted octanol–water partition coefficient (Wildman–Crippen LogP) is 4.17. The third-order valence-corrected chi connectivity index (χ3v) is 5.51. The molecule has 3 aromatic rings. The van der Waals surface area contributed by atoms with Gasteiger partial charge in [-0.05, 0) is 54.1 Å². The Hall–Kier alpha value is -3.12. The lowest BCUT2D eigenvalue weighted by Crippen LogP contribution is -2.44. The van der Waals surface area contributed by atoms with Crippen molar-refractivity contribution in [3.05, 3.63) is 77.1 Å². The molecule has 0 saturated heterocycles. The zero-order valence-electron chi connectivity index (χ0n) is 16.9. The summed E-state index contributed by atoms with van der Waals surface area (Å²) in [5, 5.41) is 0.624. The first-order valence-corrected chi connectivity index (χ1v) is 10.0. The number of ether oxygens (including phenoxy) is 3. The smallest absolute Gasteiger partial charge is 0.261 e. The molecule has 0 bridgehead atoms. The molecule has 0 spiro atoms. The Morgan fingerprint density at radius 1 is 1.03 bits per heavy atom. The van der Waals surface area contributed by atoms with Crippen molar-refractivity contribution in [2.45, 2.75) is 12.6 Å². The second kappa shape index (κ2) is 8.71. The molecule has 1 aliphatic heterocycles. The maximum Gasteiger partial charge on any atom is 0.261 e. The van der Waals surface area contributed by atoms with Gasteiger partial charge < -0.3 is 23.7 Å². The van der Waals surface area contributed by atoms with Crippen LogP contribution in [-0.2, 0) is 11.3 Å². The van der Waals surface area contributed by atoms with Crippen LogP contribution in [0.3, 0.4) is 0 Å². The van der Waals surface area contributed by atoms with Crippen LogP contribution in [-0.4, -0.2) is 42.7 Å². The summed E-state index contributed by atoms with van der Waals surface area (Å²) in [6.07, 6.45) is 2.04. The highest BCUT2D eigenvalue weighted by Crippen LogP contribution is 2.37. The van der Waals surface area contributed by atoms with E-state index >= 15 is 0 Å².